The molecule has 13 heavy (non-hydrogen) atoms. The lowest BCUT2D eigenvalue weighted by molar-refractivity contribution is 0.111. The van der Waals surface area contributed by atoms with E-state index in [1.807, 2.05) is 11.8 Å². The van der Waals surface area contributed by atoms with E-state index in [0.29, 0.717) is 11.6 Å². The maximum Gasteiger partial charge on any atom is 0.167 e. The lowest BCUT2D eigenvalue weighted by Gasteiger charge is -2.01. The topological polar surface area (TPSA) is 45.8 Å². The van der Waals surface area contributed by atoms with Crippen molar-refractivity contribution in [1.82, 2.24) is 9.97 Å². The van der Waals surface area contributed by atoms with Gasteiger partial charge in [0, 0.05) is 0 Å². The number of nitrogens with zero attached hydrogens (tertiary/aromatic N) is 1. The highest BCUT2D eigenvalue weighted by Gasteiger charge is 2.00. The number of thioether (sulfide) groups is 1. The lowest BCUT2D eigenvalue weighted by Crippen LogP contribution is -1.92. The molecule has 1 aromatic rings. The molecular formula is C9H14N2OS. The first-order chi connectivity index (χ1) is 6.22. The fraction of sp³-hybridized carbons (Fsp3) is 0.556. The van der Waals surface area contributed by atoms with Gasteiger partial charge in [-0.2, -0.15) is 11.8 Å². The molecular weight excluding hydrogens is 184 g/mol. The summed E-state index contributed by atoms with van der Waals surface area (Å²) in [6.07, 6.45) is 2.35. The predicted molar refractivity (Wildman–Crippen MR) is 55.0 cm³/mol. The van der Waals surface area contributed by atoms with Crippen molar-refractivity contribution >= 4 is 18.0 Å². The Morgan fingerprint density at radius 3 is 3.00 bits per heavy atom. The Morgan fingerprint density at radius 1 is 1.69 bits per heavy atom. The summed E-state index contributed by atoms with van der Waals surface area (Å²) in [5.74, 6) is 3.56. The third-order valence-corrected chi connectivity index (χ3v) is 2.84. The van der Waals surface area contributed by atoms with Gasteiger partial charge in [0.15, 0.2) is 6.29 Å². The number of rotatable bonds is 5. The minimum Gasteiger partial charge on any atom is -0.339 e. The zero-order valence-corrected chi connectivity index (χ0v) is 8.73. The Morgan fingerprint density at radius 2 is 2.46 bits per heavy atom. The van der Waals surface area contributed by atoms with Crippen LogP contribution in [0.15, 0.2) is 6.20 Å². The van der Waals surface area contributed by atoms with Gasteiger partial charge in [-0.05, 0) is 11.7 Å². The Balaban J connectivity index is 2.32. The van der Waals surface area contributed by atoms with Crippen molar-refractivity contribution in [2.24, 2.45) is 5.92 Å². The number of hydrogen-bond acceptors (Lipinski definition) is 3. The summed E-state index contributed by atoms with van der Waals surface area (Å²) in [5, 5.41) is 0. The fourth-order valence-electron chi connectivity index (χ4n) is 0.903. The van der Waals surface area contributed by atoms with Crippen LogP contribution in [0.25, 0.3) is 0 Å². The third kappa shape index (κ3) is 3.63. The molecule has 4 heteroatoms. The first-order valence-electron chi connectivity index (χ1n) is 4.29. The highest BCUT2D eigenvalue weighted by Crippen LogP contribution is 2.12. The Labute approximate surface area is 82.3 Å². The van der Waals surface area contributed by atoms with Crippen molar-refractivity contribution in [3.8, 4) is 0 Å². The van der Waals surface area contributed by atoms with Crippen LogP contribution in [0.4, 0.5) is 0 Å². The summed E-state index contributed by atoms with van der Waals surface area (Å²) < 4.78 is 0. The van der Waals surface area contributed by atoms with Crippen molar-refractivity contribution in [2.75, 3.05) is 5.75 Å². The molecule has 1 heterocycles. The molecule has 0 atom stereocenters. The molecule has 0 aliphatic carbocycles. The monoisotopic (exact) mass is 198 g/mol. The normalized spacial score (nSPS) is 10.7. The van der Waals surface area contributed by atoms with E-state index >= 15 is 0 Å². The number of H-pyrrole nitrogens is 1. The Hall–Kier alpha value is -0.770. The van der Waals surface area contributed by atoms with E-state index in [4.69, 9.17) is 0 Å². The molecule has 0 aliphatic heterocycles. The summed E-state index contributed by atoms with van der Waals surface area (Å²) in [4.78, 5) is 17.3. The van der Waals surface area contributed by atoms with Crippen molar-refractivity contribution < 1.29 is 4.79 Å². The van der Waals surface area contributed by atoms with Crippen LogP contribution in [-0.4, -0.2) is 22.0 Å². The molecule has 0 aromatic carbocycles. The van der Waals surface area contributed by atoms with Crippen LogP contribution in [0, 0.1) is 5.92 Å². The van der Waals surface area contributed by atoms with Gasteiger partial charge in [0.05, 0.1) is 17.6 Å². The maximum absolute atomic E-state index is 10.3. The summed E-state index contributed by atoms with van der Waals surface area (Å²) in [6, 6.07) is 0. The van der Waals surface area contributed by atoms with Gasteiger partial charge in [-0.1, -0.05) is 13.8 Å². The average molecular weight is 198 g/mol. The zero-order valence-electron chi connectivity index (χ0n) is 7.91. The second-order valence-electron chi connectivity index (χ2n) is 3.31. The first kappa shape index (κ1) is 10.3. The molecule has 0 saturated heterocycles. The molecule has 1 rings (SSSR count). The zero-order chi connectivity index (χ0) is 9.68. The van der Waals surface area contributed by atoms with Gasteiger partial charge >= 0.3 is 0 Å². The van der Waals surface area contributed by atoms with Crippen molar-refractivity contribution in [2.45, 2.75) is 19.6 Å². The van der Waals surface area contributed by atoms with Crippen LogP contribution in [0.3, 0.4) is 0 Å². The molecule has 0 bridgehead atoms. The van der Waals surface area contributed by atoms with Gasteiger partial charge < -0.3 is 4.98 Å². The molecule has 0 amide bonds. The molecule has 72 valence electrons. The second kappa shape index (κ2) is 5.07. The van der Waals surface area contributed by atoms with E-state index in [-0.39, 0.29) is 0 Å². The van der Waals surface area contributed by atoms with E-state index in [1.165, 1.54) is 0 Å². The van der Waals surface area contributed by atoms with Crippen LogP contribution < -0.4 is 0 Å². The van der Waals surface area contributed by atoms with Crippen LogP contribution in [0.1, 0.15) is 30.2 Å². The summed E-state index contributed by atoms with van der Waals surface area (Å²) in [6.45, 7) is 4.37. The number of carbonyl (C=O) groups is 1. The van der Waals surface area contributed by atoms with Gasteiger partial charge in [-0.25, -0.2) is 4.98 Å². The average Bonchev–Trinajstić information content (AvgIpc) is 2.52. The summed E-state index contributed by atoms with van der Waals surface area (Å²) >= 11 is 1.83. The molecule has 0 aliphatic rings. The van der Waals surface area contributed by atoms with Crippen LogP contribution in [0.2, 0.25) is 0 Å². The van der Waals surface area contributed by atoms with E-state index in [9.17, 15) is 4.79 Å². The highest BCUT2D eigenvalue weighted by molar-refractivity contribution is 7.98. The van der Waals surface area contributed by atoms with Gasteiger partial charge in [0.25, 0.3) is 0 Å². The molecule has 0 saturated carbocycles. The summed E-state index contributed by atoms with van der Waals surface area (Å²) in [7, 11) is 0. The molecule has 1 N–H and O–H groups in total. The van der Waals surface area contributed by atoms with Crippen molar-refractivity contribution in [3.05, 3.63) is 17.7 Å². The number of aromatic nitrogens is 2. The largest absolute Gasteiger partial charge is 0.339 e. The number of carbonyl (C=O) groups excluding carboxylic acids is 1. The Kier molecular flexibility index (Phi) is 4.02. The van der Waals surface area contributed by atoms with Crippen LogP contribution in [0.5, 0.6) is 0 Å². The van der Waals surface area contributed by atoms with Crippen molar-refractivity contribution in [1.29, 1.82) is 0 Å². The maximum atomic E-state index is 10.3. The number of aldehydes is 1. The van der Waals surface area contributed by atoms with Crippen LogP contribution >= 0.6 is 11.8 Å². The number of nitrogens with one attached hydrogen (secondary N) is 1. The van der Waals surface area contributed by atoms with E-state index in [2.05, 4.69) is 23.8 Å². The number of hydrogen-bond donors (Lipinski definition) is 1. The molecule has 1 aromatic heterocycles. The predicted octanol–water partition coefficient (Wildman–Crippen LogP) is 2.11. The minimum atomic E-state index is 0.556. The molecule has 3 nitrogen and oxygen atoms in total. The fourth-order valence-corrected chi connectivity index (χ4v) is 1.83. The Bertz CT molecular complexity index is 270. The lowest BCUT2D eigenvalue weighted by atomic mass is 10.3. The van der Waals surface area contributed by atoms with E-state index in [0.717, 1.165) is 23.6 Å². The van der Waals surface area contributed by atoms with Gasteiger partial charge in [0.1, 0.15) is 5.82 Å². The molecule has 0 spiro atoms. The third-order valence-electron chi connectivity index (χ3n) is 1.47. The van der Waals surface area contributed by atoms with Gasteiger partial charge in [-0.15, -0.1) is 0 Å². The molecule has 0 unspecified atom stereocenters. The first-order valence-corrected chi connectivity index (χ1v) is 5.44. The second-order valence-corrected chi connectivity index (χ2v) is 4.34. The number of imidazole rings is 1. The molecule has 0 fully saturated rings. The smallest absolute Gasteiger partial charge is 0.167 e. The molecule has 0 radical (unpaired) electrons. The summed E-state index contributed by atoms with van der Waals surface area (Å²) in [5.41, 5.74) is 0.556. The van der Waals surface area contributed by atoms with Gasteiger partial charge in [0.2, 0.25) is 0 Å². The van der Waals surface area contributed by atoms with Gasteiger partial charge in [-0.3, -0.25) is 4.79 Å². The van der Waals surface area contributed by atoms with E-state index in [1.54, 1.807) is 6.20 Å². The minimum absolute atomic E-state index is 0.556. The van der Waals surface area contributed by atoms with Crippen molar-refractivity contribution in [3.63, 3.8) is 0 Å². The van der Waals surface area contributed by atoms with E-state index < -0.39 is 0 Å². The highest BCUT2D eigenvalue weighted by atomic mass is 32.2. The standard InChI is InChI=1S/C9H14N2OS/c1-7(2)5-13-6-9-10-3-8(4-12)11-9/h3-4,7H,5-6H2,1-2H3,(H,10,11). The SMILES string of the molecule is CC(C)CSCc1ncc(C=O)[nH]1. The number of aromatic amines is 1. The quantitative estimate of drug-likeness (QED) is 0.737. The van der Waals surface area contributed by atoms with Crippen LogP contribution in [-0.2, 0) is 5.75 Å².